The van der Waals surface area contributed by atoms with Gasteiger partial charge < -0.3 is 9.84 Å². The van der Waals surface area contributed by atoms with Gasteiger partial charge in [-0.3, -0.25) is 0 Å². The molecule has 0 amide bonds. The van der Waals surface area contributed by atoms with Gasteiger partial charge in [0.2, 0.25) is 0 Å². The first-order chi connectivity index (χ1) is 17.8. The van der Waals surface area contributed by atoms with E-state index in [1.54, 1.807) is 6.07 Å². The fourth-order valence-corrected chi connectivity index (χ4v) is 4.32. The second kappa shape index (κ2) is 12.0. The molecule has 0 atom stereocenters. The molecule has 37 heavy (non-hydrogen) atoms. The third kappa shape index (κ3) is 6.94. The molecule has 3 aromatic carbocycles. The number of phenolic OH excluding ortho intramolecular Hbond substituents is 1. The number of hydrogen-bond donors (Lipinski definition) is 1. The van der Waals surface area contributed by atoms with Crippen LogP contribution >= 0.6 is 0 Å². The van der Waals surface area contributed by atoms with Crippen LogP contribution in [0.3, 0.4) is 0 Å². The van der Waals surface area contributed by atoms with Gasteiger partial charge >= 0.3 is 0 Å². The Bertz CT molecular complexity index is 1350. The van der Waals surface area contributed by atoms with Crippen LogP contribution in [0.4, 0.5) is 0 Å². The van der Waals surface area contributed by atoms with Gasteiger partial charge in [-0.25, -0.2) is 15.0 Å². The highest BCUT2D eigenvalue weighted by atomic mass is 16.5. The van der Waals surface area contributed by atoms with Crippen LogP contribution in [-0.4, -0.2) is 26.7 Å². The van der Waals surface area contributed by atoms with Crippen molar-refractivity contribution in [1.29, 1.82) is 0 Å². The largest absolute Gasteiger partial charge is 0.507 e. The van der Waals surface area contributed by atoms with Gasteiger partial charge in [0.05, 0.1) is 12.2 Å². The first-order valence-electron chi connectivity index (χ1n) is 13.2. The maximum absolute atomic E-state index is 10.9. The Morgan fingerprint density at radius 2 is 1.35 bits per heavy atom. The minimum Gasteiger partial charge on any atom is -0.507 e. The molecule has 0 spiro atoms. The van der Waals surface area contributed by atoms with E-state index >= 15 is 0 Å². The lowest BCUT2D eigenvalue weighted by molar-refractivity contribution is 0.301. The summed E-state index contributed by atoms with van der Waals surface area (Å²) < 4.78 is 5.90. The van der Waals surface area contributed by atoms with Gasteiger partial charge in [0.25, 0.3) is 0 Å². The number of unbranched alkanes of at least 4 members (excludes halogenated alkanes) is 2. The lowest BCUT2D eigenvalue weighted by Crippen LogP contribution is -2.02. The highest BCUT2D eigenvalue weighted by Gasteiger charge is 2.16. The number of phenols is 1. The highest BCUT2D eigenvalue weighted by Crippen LogP contribution is 2.33. The average molecular weight is 496 g/mol. The monoisotopic (exact) mass is 495 g/mol. The molecule has 0 fully saturated rings. The summed E-state index contributed by atoms with van der Waals surface area (Å²) in [6, 6.07) is 19.7. The zero-order chi connectivity index (χ0) is 26.4. The second-order valence-corrected chi connectivity index (χ2v) is 10.3. The number of nitrogens with zero attached hydrogens (tertiary/aromatic N) is 3. The first-order valence-corrected chi connectivity index (χ1v) is 13.2. The van der Waals surface area contributed by atoms with Crippen molar-refractivity contribution in [3.05, 3.63) is 77.4 Å². The fraction of sp³-hybridized carbons (Fsp3) is 0.344. The zero-order valence-electron chi connectivity index (χ0n) is 22.6. The maximum atomic E-state index is 10.9. The quantitative estimate of drug-likeness (QED) is 0.225. The molecule has 1 aromatic heterocycles. The van der Waals surface area contributed by atoms with Crippen LogP contribution in [-0.2, 0) is 0 Å². The third-order valence-electron chi connectivity index (χ3n) is 6.47. The molecule has 1 heterocycles. The molecule has 0 aliphatic carbocycles. The molecule has 4 rings (SSSR count). The molecule has 0 aliphatic heterocycles. The second-order valence-electron chi connectivity index (χ2n) is 10.3. The number of aryl methyl sites for hydroxylation is 3. The van der Waals surface area contributed by atoms with Crippen molar-refractivity contribution in [3.63, 3.8) is 0 Å². The number of benzene rings is 3. The van der Waals surface area contributed by atoms with E-state index in [2.05, 4.69) is 46.8 Å². The van der Waals surface area contributed by atoms with Crippen LogP contribution in [0.25, 0.3) is 34.2 Å². The molecule has 1 N–H and O–H groups in total. The Kier molecular flexibility index (Phi) is 8.54. The van der Waals surface area contributed by atoms with Gasteiger partial charge in [0.1, 0.15) is 11.5 Å². The molecular weight excluding hydrogens is 458 g/mol. The Labute approximate surface area is 220 Å². The minimum absolute atomic E-state index is 0.0879. The van der Waals surface area contributed by atoms with Gasteiger partial charge in [-0.2, -0.15) is 0 Å². The summed E-state index contributed by atoms with van der Waals surface area (Å²) in [7, 11) is 0. The van der Waals surface area contributed by atoms with E-state index in [1.165, 1.54) is 24.0 Å². The van der Waals surface area contributed by atoms with Gasteiger partial charge in [-0.1, -0.05) is 86.7 Å². The predicted molar refractivity (Wildman–Crippen MR) is 151 cm³/mol. The number of aromatic hydroxyl groups is 1. The summed E-state index contributed by atoms with van der Waals surface area (Å²) in [5, 5.41) is 10.9. The molecular formula is C32H37N3O2. The molecule has 0 saturated carbocycles. The van der Waals surface area contributed by atoms with E-state index in [0.717, 1.165) is 35.4 Å². The van der Waals surface area contributed by atoms with E-state index in [4.69, 9.17) is 19.7 Å². The number of hydrogen-bond acceptors (Lipinski definition) is 5. The standard InChI is InChI=1S/C32H37N3O2/c1-21(2)9-7-6-8-18-37-26-15-17-28(29(36)20-26)32-34-30(25-13-10-22(3)11-14-25)33-31(35-32)27-16-12-23(4)19-24(27)5/h10-17,19-21,36H,6-9,18H2,1-5H3. The van der Waals surface area contributed by atoms with Gasteiger partial charge in [0.15, 0.2) is 17.5 Å². The van der Waals surface area contributed by atoms with Crippen molar-refractivity contribution in [2.45, 2.75) is 60.3 Å². The van der Waals surface area contributed by atoms with Crippen LogP contribution in [0.5, 0.6) is 11.5 Å². The third-order valence-corrected chi connectivity index (χ3v) is 6.47. The van der Waals surface area contributed by atoms with Gasteiger partial charge in [-0.05, 0) is 50.8 Å². The van der Waals surface area contributed by atoms with Crippen LogP contribution < -0.4 is 4.74 Å². The van der Waals surface area contributed by atoms with Gasteiger partial charge in [-0.15, -0.1) is 0 Å². The summed E-state index contributed by atoms with van der Waals surface area (Å²) in [6.45, 7) is 11.3. The Morgan fingerprint density at radius 3 is 2.03 bits per heavy atom. The highest BCUT2D eigenvalue weighted by molar-refractivity contribution is 5.71. The van der Waals surface area contributed by atoms with E-state index < -0.39 is 0 Å². The van der Waals surface area contributed by atoms with Crippen LogP contribution in [0.1, 0.15) is 56.2 Å². The zero-order valence-corrected chi connectivity index (χ0v) is 22.6. The average Bonchev–Trinajstić information content (AvgIpc) is 2.86. The Hall–Kier alpha value is -3.73. The lowest BCUT2D eigenvalue weighted by atomic mass is 10.0. The Morgan fingerprint density at radius 1 is 0.703 bits per heavy atom. The van der Waals surface area contributed by atoms with Crippen LogP contribution in [0.15, 0.2) is 60.7 Å². The van der Waals surface area contributed by atoms with E-state index in [-0.39, 0.29) is 5.75 Å². The summed E-state index contributed by atoms with van der Waals surface area (Å²) in [4.78, 5) is 14.4. The summed E-state index contributed by atoms with van der Waals surface area (Å²) in [5.74, 6) is 3.05. The van der Waals surface area contributed by atoms with E-state index in [0.29, 0.717) is 35.4 Å². The van der Waals surface area contributed by atoms with Crippen molar-refractivity contribution < 1.29 is 9.84 Å². The van der Waals surface area contributed by atoms with Crippen molar-refractivity contribution in [1.82, 2.24) is 15.0 Å². The Balaban J connectivity index is 1.63. The van der Waals surface area contributed by atoms with Crippen molar-refractivity contribution in [3.8, 4) is 45.7 Å². The minimum atomic E-state index is 0.0879. The summed E-state index contributed by atoms with van der Waals surface area (Å²) in [5.41, 5.74) is 5.83. The summed E-state index contributed by atoms with van der Waals surface area (Å²) in [6.07, 6.45) is 4.62. The molecule has 0 aliphatic rings. The normalized spacial score (nSPS) is 11.2. The van der Waals surface area contributed by atoms with Crippen molar-refractivity contribution in [2.75, 3.05) is 6.61 Å². The smallest absolute Gasteiger partial charge is 0.167 e. The molecule has 0 unspecified atom stereocenters. The predicted octanol–water partition coefficient (Wildman–Crippen LogP) is 8.10. The van der Waals surface area contributed by atoms with E-state index in [9.17, 15) is 5.11 Å². The number of rotatable bonds is 10. The first kappa shape index (κ1) is 26.3. The molecule has 0 radical (unpaired) electrons. The van der Waals surface area contributed by atoms with E-state index in [1.807, 2.05) is 42.5 Å². The topological polar surface area (TPSA) is 68.1 Å². The maximum Gasteiger partial charge on any atom is 0.167 e. The van der Waals surface area contributed by atoms with Crippen LogP contribution in [0, 0.1) is 26.7 Å². The molecule has 5 nitrogen and oxygen atoms in total. The SMILES string of the molecule is Cc1ccc(-c2nc(-c3ccc(C)cc3C)nc(-c3ccc(OCCCCCC(C)C)cc3O)n2)cc1. The molecule has 4 aromatic rings. The molecule has 5 heteroatoms. The lowest BCUT2D eigenvalue weighted by Gasteiger charge is -2.12. The molecule has 0 bridgehead atoms. The summed E-state index contributed by atoms with van der Waals surface area (Å²) >= 11 is 0. The van der Waals surface area contributed by atoms with Gasteiger partial charge in [0, 0.05) is 17.2 Å². The number of ether oxygens (including phenoxy) is 1. The van der Waals surface area contributed by atoms with Crippen molar-refractivity contribution in [2.24, 2.45) is 5.92 Å². The fourth-order valence-electron chi connectivity index (χ4n) is 4.32. The number of aromatic nitrogens is 3. The van der Waals surface area contributed by atoms with Crippen LogP contribution in [0.2, 0.25) is 0 Å². The van der Waals surface area contributed by atoms with Crippen molar-refractivity contribution >= 4 is 0 Å². The molecule has 192 valence electrons. The molecule has 0 saturated heterocycles.